The van der Waals surface area contributed by atoms with E-state index < -0.39 is 0 Å². The van der Waals surface area contributed by atoms with E-state index in [1.807, 2.05) is 6.92 Å². The third-order valence-electron chi connectivity index (χ3n) is 3.95. The minimum absolute atomic E-state index is 0.141. The van der Waals surface area contributed by atoms with Gasteiger partial charge in [-0.3, -0.25) is 9.59 Å². The molecule has 0 N–H and O–H groups in total. The normalized spacial score (nSPS) is 38.9. The van der Waals surface area contributed by atoms with Crippen molar-refractivity contribution < 1.29 is 14.3 Å². The summed E-state index contributed by atoms with van der Waals surface area (Å²) in [5, 5.41) is 0. The van der Waals surface area contributed by atoms with Crippen molar-refractivity contribution in [1.82, 2.24) is 0 Å². The molecule has 0 aromatic carbocycles. The lowest BCUT2D eigenvalue weighted by Gasteiger charge is -2.35. The van der Waals surface area contributed by atoms with Crippen LogP contribution in [0.3, 0.4) is 0 Å². The van der Waals surface area contributed by atoms with Crippen molar-refractivity contribution in [2.75, 3.05) is 7.11 Å². The molecule has 0 heterocycles. The summed E-state index contributed by atoms with van der Waals surface area (Å²) in [6.07, 6.45) is 6.15. The van der Waals surface area contributed by atoms with Crippen molar-refractivity contribution >= 4 is 11.8 Å². The number of methoxy groups -OCH3 is 1. The Bertz CT molecular complexity index is 332. The Morgan fingerprint density at radius 2 is 2.33 bits per heavy atom. The quantitative estimate of drug-likeness (QED) is 0.616. The van der Waals surface area contributed by atoms with Crippen LogP contribution in [-0.4, -0.2) is 18.9 Å². The molecule has 0 aromatic rings. The molecule has 3 heteroatoms. The maximum absolute atomic E-state index is 11.8. The third kappa shape index (κ3) is 1.41. The van der Waals surface area contributed by atoms with Gasteiger partial charge in [-0.1, -0.05) is 19.4 Å². The second kappa shape index (κ2) is 3.47. The number of carbonyl (C=O) groups is 2. The maximum atomic E-state index is 11.8. The maximum Gasteiger partial charge on any atom is 0.312 e. The number of ketones is 1. The van der Waals surface area contributed by atoms with Crippen LogP contribution in [-0.2, 0) is 14.3 Å². The van der Waals surface area contributed by atoms with Crippen LogP contribution >= 0.6 is 0 Å². The summed E-state index contributed by atoms with van der Waals surface area (Å²) in [6, 6.07) is 0. The van der Waals surface area contributed by atoms with E-state index in [1.54, 1.807) is 12.2 Å². The van der Waals surface area contributed by atoms with Crippen molar-refractivity contribution in [3.8, 4) is 0 Å². The minimum Gasteiger partial charge on any atom is -0.469 e. The molecule has 0 amide bonds. The molecular weight excluding hydrogens is 192 g/mol. The van der Waals surface area contributed by atoms with Gasteiger partial charge in [0, 0.05) is 5.41 Å². The number of esters is 1. The van der Waals surface area contributed by atoms with Crippen LogP contribution in [0.15, 0.2) is 12.2 Å². The lowest BCUT2D eigenvalue weighted by molar-refractivity contribution is -0.148. The van der Waals surface area contributed by atoms with Gasteiger partial charge in [0.15, 0.2) is 5.78 Å². The van der Waals surface area contributed by atoms with E-state index in [-0.39, 0.29) is 29.0 Å². The van der Waals surface area contributed by atoms with Gasteiger partial charge in [-0.15, -0.1) is 0 Å². The minimum atomic E-state index is -0.326. The molecule has 1 fully saturated rings. The molecule has 2 aliphatic carbocycles. The number of carbonyl (C=O) groups excluding carboxylic acids is 2. The third-order valence-corrected chi connectivity index (χ3v) is 3.95. The molecule has 0 bridgehead atoms. The Kier molecular flexibility index (Phi) is 2.41. The topological polar surface area (TPSA) is 43.4 Å². The fourth-order valence-corrected chi connectivity index (χ4v) is 2.97. The summed E-state index contributed by atoms with van der Waals surface area (Å²) < 4.78 is 4.78. The van der Waals surface area contributed by atoms with Gasteiger partial charge < -0.3 is 4.74 Å². The molecule has 0 aromatic heterocycles. The highest BCUT2D eigenvalue weighted by Crippen LogP contribution is 2.50. The van der Waals surface area contributed by atoms with Gasteiger partial charge in [-0.25, -0.2) is 0 Å². The summed E-state index contributed by atoms with van der Waals surface area (Å²) in [5.41, 5.74) is -0.326. The van der Waals surface area contributed by atoms with Crippen LogP contribution in [0, 0.1) is 17.3 Å². The molecule has 0 spiro atoms. The van der Waals surface area contributed by atoms with E-state index >= 15 is 0 Å². The zero-order chi connectivity index (χ0) is 11.1. The highest BCUT2D eigenvalue weighted by Gasteiger charge is 2.50. The fourth-order valence-electron chi connectivity index (χ4n) is 2.97. The lowest BCUT2D eigenvalue weighted by Crippen LogP contribution is -2.40. The van der Waals surface area contributed by atoms with E-state index in [2.05, 4.69) is 0 Å². The molecule has 1 saturated carbocycles. The van der Waals surface area contributed by atoms with E-state index in [1.165, 1.54) is 7.11 Å². The molecular formula is C12H16O3. The zero-order valence-corrected chi connectivity index (χ0v) is 9.16. The van der Waals surface area contributed by atoms with Gasteiger partial charge in [0.25, 0.3) is 0 Å². The summed E-state index contributed by atoms with van der Waals surface area (Å²) in [7, 11) is 1.40. The predicted molar refractivity (Wildman–Crippen MR) is 55.1 cm³/mol. The molecule has 15 heavy (non-hydrogen) atoms. The first-order valence-electron chi connectivity index (χ1n) is 5.40. The average Bonchev–Trinajstić information content (AvgIpc) is 2.62. The molecule has 3 atom stereocenters. The number of rotatable bonds is 1. The molecule has 0 aliphatic heterocycles. The molecule has 3 nitrogen and oxygen atoms in total. The summed E-state index contributed by atoms with van der Waals surface area (Å²) in [6.45, 7) is 1.98. The Morgan fingerprint density at radius 3 is 3.00 bits per heavy atom. The van der Waals surface area contributed by atoms with Crippen LogP contribution in [0.1, 0.15) is 26.2 Å². The first-order valence-corrected chi connectivity index (χ1v) is 5.40. The first kappa shape index (κ1) is 10.4. The SMILES string of the molecule is COC(=O)[C@H]1C=CC(=O)[C@@]2(C)CCC[C@@H]12. The number of hydrogen-bond donors (Lipinski definition) is 0. The largest absolute Gasteiger partial charge is 0.469 e. The highest BCUT2D eigenvalue weighted by molar-refractivity contribution is 5.97. The van der Waals surface area contributed by atoms with Crippen molar-refractivity contribution in [3.05, 3.63) is 12.2 Å². The van der Waals surface area contributed by atoms with E-state index in [4.69, 9.17) is 4.74 Å². The molecule has 0 radical (unpaired) electrons. The van der Waals surface area contributed by atoms with Crippen LogP contribution in [0.25, 0.3) is 0 Å². The summed E-state index contributed by atoms with van der Waals surface area (Å²) in [5.74, 6) is -0.121. The summed E-state index contributed by atoms with van der Waals surface area (Å²) >= 11 is 0. The van der Waals surface area contributed by atoms with E-state index in [0.717, 1.165) is 19.3 Å². The molecule has 0 unspecified atom stereocenters. The predicted octanol–water partition coefficient (Wildman–Crippen LogP) is 1.72. The highest BCUT2D eigenvalue weighted by atomic mass is 16.5. The number of ether oxygens (including phenoxy) is 1. The Hall–Kier alpha value is -1.12. The van der Waals surface area contributed by atoms with Gasteiger partial charge >= 0.3 is 5.97 Å². The van der Waals surface area contributed by atoms with Crippen molar-refractivity contribution in [1.29, 1.82) is 0 Å². The van der Waals surface area contributed by atoms with E-state index in [9.17, 15) is 9.59 Å². The van der Waals surface area contributed by atoms with Crippen LogP contribution in [0.4, 0.5) is 0 Å². The first-order chi connectivity index (χ1) is 7.09. The Balaban J connectivity index is 2.33. The lowest BCUT2D eigenvalue weighted by atomic mass is 9.67. The smallest absolute Gasteiger partial charge is 0.312 e. The standard InChI is InChI=1S/C12H16O3/c1-12-7-3-4-9(12)8(11(14)15-2)5-6-10(12)13/h5-6,8-9H,3-4,7H2,1-2H3/t8-,9-,12-/m0/s1. The number of hydrogen-bond acceptors (Lipinski definition) is 3. The Morgan fingerprint density at radius 1 is 1.60 bits per heavy atom. The van der Waals surface area contributed by atoms with Crippen LogP contribution in [0.5, 0.6) is 0 Å². The van der Waals surface area contributed by atoms with Crippen LogP contribution in [0.2, 0.25) is 0 Å². The second-order valence-electron chi connectivity index (χ2n) is 4.69. The van der Waals surface area contributed by atoms with Gasteiger partial charge in [0.05, 0.1) is 13.0 Å². The fraction of sp³-hybridized carbons (Fsp3) is 0.667. The average molecular weight is 208 g/mol. The monoisotopic (exact) mass is 208 g/mol. The zero-order valence-electron chi connectivity index (χ0n) is 9.16. The Labute approximate surface area is 89.5 Å². The van der Waals surface area contributed by atoms with Crippen LogP contribution < -0.4 is 0 Å². The van der Waals surface area contributed by atoms with Gasteiger partial charge in [-0.2, -0.15) is 0 Å². The molecule has 2 rings (SSSR count). The van der Waals surface area contributed by atoms with Crippen molar-refractivity contribution in [3.63, 3.8) is 0 Å². The number of allylic oxidation sites excluding steroid dienone is 1. The molecule has 0 saturated heterocycles. The van der Waals surface area contributed by atoms with Crippen molar-refractivity contribution in [2.24, 2.45) is 17.3 Å². The van der Waals surface area contributed by atoms with Gasteiger partial charge in [0.1, 0.15) is 0 Å². The van der Waals surface area contributed by atoms with Gasteiger partial charge in [-0.05, 0) is 24.8 Å². The van der Waals surface area contributed by atoms with Gasteiger partial charge in [0.2, 0.25) is 0 Å². The van der Waals surface area contributed by atoms with Crippen molar-refractivity contribution in [2.45, 2.75) is 26.2 Å². The van der Waals surface area contributed by atoms with E-state index in [0.29, 0.717) is 0 Å². The number of fused-ring (bicyclic) bond motifs is 1. The summed E-state index contributed by atoms with van der Waals surface area (Å²) in [4.78, 5) is 23.4. The molecule has 2 aliphatic rings. The molecule has 82 valence electrons. The second-order valence-corrected chi connectivity index (χ2v) is 4.69.